The number of nitriles is 1. The van der Waals surface area contributed by atoms with Crippen molar-refractivity contribution in [3.63, 3.8) is 0 Å². The van der Waals surface area contributed by atoms with Gasteiger partial charge < -0.3 is 29.7 Å². The van der Waals surface area contributed by atoms with E-state index in [1.165, 1.54) is 0 Å². The normalized spacial score (nSPS) is 11.7. The molecule has 2 aromatic carbocycles. The van der Waals surface area contributed by atoms with E-state index in [-0.39, 0.29) is 102 Å². The Kier molecular flexibility index (Phi) is 23.3. The second-order valence-corrected chi connectivity index (χ2v) is 6.70. The van der Waals surface area contributed by atoms with Crippen molar-refractivity contribution in [3.05, 3.63) is 79.4 Å². The van der Waals surface area contributed by atoms with Crippen molar-refractivity contribution < 1.29 is 92.1 Å². The first kappa shape index (κ1) is 37.0. The first-order valence-electron chi connectivity index (χ1n) is 10.1. The Bertz CT molecular complexity index is 892. The van der Waals surface area contributed by atoms with Gasteiger partial charge in [-0.25, -0.2) is 5.56 Å². The first-order chi connectivity index (χ1) is 14.4. The van der Waals surface area contributed by atoms with Crippen molar-refractivity contribution >= 4 is 23.6 Å². The molecule has 1 aliphatic rings. The minimum atomic E-state index is 0. The Labute approximate surface area is 266 Å². The minimum absolute atomic E-state index is 0. The summed E-state index contributed by atoms with van der Waals surface area (Å²) in [6.07, 6.45) is 7.90. The SMILES string of the molecule is CC.N#Cc1[c-]ccc(NC(=O)C2CC[CH-]CC2)c1.[CH2-]c1c(C)cc(N)cc1[C-]=O.[CH3-].[K+].[U+2]. The second-order valence-electron chi connectivity index (χ2n) is 6.70. The molecule has 2 aromatic rings. The number of carbonyl (C=O) groups is 1. The molecule has 33 heavy (non-hydrogen) atoms. The molecule has 170 valence electrons. The van der Waals surface area contributed by atoms with Gasteiger partial charge in [0.2, 0.25) is 5.91 Å². The van der Waals surface area contributed by atoms with E-state index in [4.69, 9.17) is 11.0 Å². The van der Waals surface area contributed by atoms with Crippen LogP contribution in [0.5, 0.6) is 0 Å². The molecule has 0 spiro atoms. The van der Waals surface area contributed by atoms with Crippen molar-refractivity contribution in [1.82, 2.24) is 0 Å². The van der Waals surface area contributed by atoms with Gasteiger partial charge in [0.1, 0.15) is 0 Å². The van der Waals surface area contributed by atoms with E-state index in [1.54, 1.807) is 36.6 Å². The summed E-state index contributed by atoms with van der Waals surface area (Å²) in [7, 11) is 0. The Hall–Kier alpha value is -0.572. The molecule has 0 bridgehead atoms. The summed E-state index contributed by atoms with van der Waals surface area (Å²) in [5, 5.41) is 11.6. The van der Waals surface area contributed by atoms with Crippen LogP contribution in [-0.4, -0.2) is 12.2 Å². The third-order valence-corrected chi connectivity index (χ3v) is 4.60. The molecule has 1 aliphatic carbocycles. The van der Waals surface area contributed by atoms with Crippen LogP contribution >= 0.6 is 0 Å². The van der Waals surface area contributed by atoms with Gasteiger partial charge in [-0.2, -0.15) is 18.9 Å². The molecule has 0 unspecified atom stereocenters. The van der Waals surface area contributed by atoms with Gasteiger partial charge in [-0.3, -0.25) is 28.1 Å². The molecular formula is C26H32KN3O2U-2. The fraction of sp³-hybridized carbons (Fsp3) is 0.308. The van der Waals surface area contributed by atoms with E-state index in [1.807, 2.05) is 26.8 Å². The number of nitrogens with one attached hydrogen (secondary N) is 1. The number of hydrogen-bond donors (Lipinski definition) is 2. The fourth-order valence-electron chi connectivity index (χ4n) is 2.98. The van der Waals surface area contributed by atoms with E-state index in [2.05, 4.69) is 24.7 Å². The minimum Gasteiger partial charge on any atom is -0.410 e. The van der Waals surface area contributed by atoms with Gasteiger partial charge in [0, 0.05) is 5.92 Å². The van der Waals surface area contributed by atoms with E-state index >= 15 is 0 Å². The van der Waals surface area contributed by atoms with Gasteiger partial charge in [-0.05, 0) is 23.7 Å². The van der Waals surface area contributed by atoms with Gasteiger partial charge in [0.15, 0.2) is 0 Å². The number of anilines is 2. The predicted molar refractivity (Wildman–Crippen MR) is 127 cm³/mol. The summed E-state index contributed by atoms with van der Waals surface area (Å²) >= 11 is 0. The summed E-state index contributed by atoms with van der Waals surface area (Å²) in [6.45, 7) is 9.57. The van der Waals surface area contributed by atoms with Gasteiger partial charge >= 0.3 is 82.5 Å². The smallest absolute Gasteiger partial charge is 0.410 e. The summed E-state index contributed by atoms with van der Waals surface area (Å²) in [6, 6.07) is 13.2. The number of carbonyl (C=O) groups excluding carboxylic acids is 2. The maximum atomic E-state index is 11.9. The van der Waals surface area contributed by atoms with Gasteiger partial charge in [-0.15, -0.1) is 30.3 Å². The molecule has 5 nitrogen and oxygen atoms in total. The maximum absolute atomic E-state index is 11.9. The summed E-state index contributed by atoms with van der Waals surface area (Å²) < 4.78 is 0. The van der Waals surface area contributed by atoms with Crippen LogP contribution in [0.15, 0.2) is 30.3 Å². The first-order valence-corrected chi connectivity index (χ1v) is 10.1. The Morgan fingerprint density at radius 2 is 1.91 bits per heavy atom. The number of aryl methyl sites for hydroxylation is 1. The van der Waals surface area contributed by atoms with Crippen molar-refractivity contribution in [2.45, 2.75) is 46.5 Å². The molecule has 0 radical (unpaired) electrons. The van der Waals surface area contributed by atoms with E-state index in [0.29, 0.717) is 28.1 Å². The van der Waals surface area contributed by atoms with Crippen molar-refractivity contribution in [1.29, 1.82) is 5.26 Å². The monoisotopic (exact) mass is 695 g/mol. The van der Waals surface area contributed by atoms with E-state index < -0.39 is 0 Å². The molecule has 1 fully saturated rings. The van der Waals surface area contributed by atoms with Gasteiger partial charge in [0.25, 0.3) is 0 Å². The van der Waals surface area contributed by atoms with Crippen LogP contribution in [0, 0.1) is 82.1 Å². The standard InChI is InChI=1S/C14H14N2O.C9H9NO.C2H6.CH3.K.U/c15-10-11-5-4-8-13(9-11)16-14(17)12-6-2-1-3-7-12;1-6-3-9(10)4-8(5-11)7(6)2;1-2;;;/h1,4,8-9,12H,2-3,6-7H2,(H,16,17);3-4H,2,10H2,1H3;1-2H3;1H3;;/q2*-2;;-1;+1;+2. The summed E-state index contributed by atoms with van der Waals surface area (Å²) in [5.41, 5.74) is 9.27. The van der Waals surface area contributed by atoms with Crippen molar-refractivity contribution in [2.24, 2.45) is 5.92 Å². The second kappa shape index (κ2) is 20.8. The number of nitrogen functional groups attached to an aromatic ring is 1. The van der Waals surface area contributed by atoms with Crippen LogP contribution in [-0.2, 0) is 9.59 Å². The third kappa shape index (κ3) is 13.2. The van der Waals surface area contributed by atoms with E-state index in [0.717, 1.165) is 31.2 Å². The van der Waals surface area contributed by atoms with Gasteiger partial charge in [-0.1, -0.05) is 39.2 Å². The number of hydrogen-bond acceptors (Lipinski definition) is 4. The van der Waals surface area contributed by atoms with Crippen LogP contribution in [0.3, 0.4) is 0 Å². The fourth-order valence-corrected chi connectivity index (χ4v) is 2.98. The van der Waals surface area contributed by atoms with Crippen LogP contribution in [0.1, 0.15) is 61.8 Å². The number of rotatable bonds is 3. The Morgan fingerprint density at radius 3 is 2.45 bits per heavy atom. The molecule has 0 atom stereocenters. The van der Waals surface area contributed by atoms with Crippen molar-refractivity contribution in [3.8, 4) is 6.07 Å². The number of nitrogens with two attached hydrogens (primary N) is 1. The number of benzene rings is 2. The quantitative estimate of drug-likeness (QED) is 0.293. The zero-order chi connectivity index (χ0) is 22.5. The maximum Gasteiger partial charge on any atom is 2.00 e. The number of amides is 1. The van der Waals surface area contributed by atoms with Crippen LogP contribution in [0.25, 0.3) is 0 Å². The molecule has 0 saturated heterocycles. The Balaban J connectivity index is -0.000000497. The van der Waals surface area contributed by atoms with Crippen molar-refractivity contribution in [2.75, 3.05) is 11.1 Å². The number of nitrogens with zero attached hydrogens (tertiary/aromatic N) is 1. The summed E-state index contributed by atoms with van der Waals surface area (Å²) in [4.78, 5) is 22.3. The molecule has 1 saturated carbocycles. The summed E-state index contributed by atoms with van der Waals surface area (Å²) in [5.74, 6) is 0.169. The topological polar surface area (TPSA) is 96.0 Å². The largest absolute Gasteiger partial charge is 2.00 e. The molecule has 0 aliphatic heterocycles. The zero-order valence-electron chi connectivity index (χ0n) is 20.4. The molecule has 1 amide bonds. The Morgan fingerprint density at radius 1 is 1.30 bits per heavy atom. The van der Waals surface area contributed by atoms with Crippen LogP contribution in [0.2, 0.25) is 0 Å². The third-order valence-electron chi connectivity index (χ3n) is 4.60. The average molecular weight is 696 g/mol. The average Bonchev–Trinajstić information content (AvgIpc) is 2.78. The van der Waals surface area contributed by atoms with Gasteiger partial charge in [0.05, 0.1) is 0 Å². The molecule has 7 heteroatoms. The molecule has 3 rings (SSSR count). The molecule has 0 heterocycles. The molecule has 0 aromatic heterocycles. The zero-order valence-corrected chi connectivity index (χ0v) is 27.7. The predicted octanol–water partition coefficient (Wildman–Crippen LogP) is 2.39. The molecular weight excluding hydrogens is 663 g/mol. The van der Waals surface area contributed by atoms with Crippen LogP contribution in [0.4, 0.5) is 11.4 Å². The van der Waals surface area contributed by atoms with E-state index in [9.17, 15) is 9.59 Å². The van der Waals surface area contributed by atoms with Crippen LogP contribution < -0.4 is 62.4 Å². The molecule has 3 N–H and O–H groups in total.